The van der Waals surface area contributed by atoms with Crippen molar-refractivity contribution in [3.05, 3.63) is 28.8 Å². The molecule has 2 fully saturated rings. The lowest BCUT2D eigenvalue weighted by Gasteiger charge is -2.33. The number of esters is 1. The largest absolute Gasteiger partial charge is 0.466 e. The van der Waals surface area contributed by atoms with E-state index in [4.69, 9.17) is 16.3 Å². The van der Waals surface area contributed by atoms with Crippen molar-refractivity contribution in [1.82, 2.24) is 9.80 Å². The molecular weight excluding hydrogens is 422 g/mol. The summed E-state index contributed by atoms with van der Waals surface area (Å²) < 4.78 is 5.08. The van der Waals surface area contributed by atoms with Crippen LogP contribution in [0, 0.1) is 5.92 Å². The minimum atomic E-state index is -0.362. The lowest BCUT2D eigenvalue weighted by Crippen LogP contribution is -2.47. The summed E-state index contributed by atoms with van der Waals surface area (Å²) in [5.41, 5.74) is 0.803. The summed E-state index contributed by atoms with van der Waals surface area (Å²) >= 11 is 6.11. The first-order chi connectivity index (χ1) is 14.8. The lowest BCUT2D eigenvalue weighted by molar-refractivity contribution is -0.151. The number of carbonyl (C=O) groups excluding carboxylic acids is 4. The molecule has 1 unspecified atom stereocenters. The van der Waals surface area contributed by atoms with E-state index >= 15 is 0 Å². The van der Waals surface area contributed by atoms with Crippen LogP contribution < -0.4 is 4.90 Å². The van der Waals surface area contributed by atoms with Crippen molar-refractivity contribution in [2.45, 2.75) is 32.6 Å². The van der Waals surface area contributed by atoms with Gasteiger partial charge < -0.3 is 19.4 Å². The molecular formula is C22H28ClN3O5. The second kappa shape index (κ2) is 10.1. The quantitative estimate of drug-likeness (QED) is 0.622. The second-order valence-corrected chi connectivity index (χ2v) is 8.34. The van der Waals surface area contributed by atoms with Gasteiger partial charge in [-0.3, -0.25) is 19.2 Å². The molecule has 2 aliphatic rings. The topological polar surface area (TPSA) is 87.2 Å². The molecule has 1 atom stereocenters. The summed E-state index contributed by atoms with van der Waals surface area (Å²) in [7, 11) is 1.55. The zero-order valence-corrected chi connectivity index (χ0v) is 18.7. The van der Waals surface area contributed by atoms with Crippen molar-refractivity contribution in [3.8, 4) is 0 Å². The van der Waals surface area contributed by atoms with E-state index in [0.29, 0.717) is 61.8 Å². The van der Waals surface area contributed by atoms with E-state index in [1.165, 1.54) is 4.90 Å². The Morgan fingerprint density at radius 1 is 1.23 bits per heavy atom. The maximum atomic E-state index is 13.1. The number of carbonyl (C=O) groups is 4. The van der Waals surface area contributed by atoms with Crippen molar-refractivity contribution in [2.24, 2.45) is 5.92 Å². The van der Waals surface area contributed by atoms with Crippen molar-refractivity contribution in [2.75, 3.05) is 44.7 Å². The van der Waals surface area contributed by atoms with E-state index in [0.717, 1.165) is 6.42 Å². The number of anilines is 1. The third kappa shape index (κ3) is 5.36. The molecule has 0 bridgehead atoms. The summed E-state index contributed by atoms with van der Waals surface area (Å²) in [5.74, 6) is -1.25. The number of likely N-dealkylation sites (N-methyl/N-ethyl adjacent to an activating group) is 1. The minimum Gasteiger partial charge on any atom is -0.466 e. The van der Waals surface area contributed by atoms with E-state index in [9.17, 15) is 19.2 Å². The Bertz CT molecular complexity index is 875. The fraction of sp³-hybridized carbons (Fsp3) is 0.545. The molecule has 1 aromatic carbocycles. The molecule has 0 saturated carbocycles. The second-order valence-electron chi connectivity index (χ2n) is 7.90. The fourth-order valence-electron chi connectivity index (χ4n) is 4.05. The normalized spacial score (nSPS) is 18.8. The molecule has 0 radical (unpaired) electrons. The van der Waals surface area contributed by atoms with Crippen LogP contribution in [0.1, 0.15) is 43.0 Å². The van der Waals surface area contributed by atoms with Crippen molar-refractivity contribution in [3.63, 3.8) is 0 Å². The van der Waals surface area contributed by atoms with Crippen LogP contribution in [0.3, 0.4) is 0 Å². The first-order valence-corrected chi connectivity index (χ1v) is 11.0. The first-order valence-electron chi connectivity index (χ1n) is 10.6. The third-order valence-corrected chi connectivity index (χ3v) is 5.90. The van der Waals surface area contributed by atoms with Crippen molar-refractivity contribution >= 4 is 41.0 Å². The number of amides is 3. The van der Waals surface area contributed by atoms with E-state index in [2.05, 4.69) is 0 Å². The van der Waals surface area contributed by atoms with Gasteiger partial charge in [0.25, 0.3) is 5.91 Å². The van der Waals surface area contributed by atoms with Gasteiger partial charge >= 0.3 is 5.97 Å². The summed E-state index contributed by atoms with van der Waals surface area (Å²) in [6, 6.07) is 4.80. The van der Waals surface area contributed by atoms with Crippen LogP contribution in [0.2, 0.25) is 5.02 Å². The SMILES string of the molecule is CCOC(=O)C1CCCN(C(=O)CN(C)C(=O)c2ccc(Cl)cc2N2CCCC2=O)C1. The molecule has 3 amide bonds. The Morgan fingerprint density at radius 3 is 2.68 bits per heavy atom. The van der Waals surface area contributed by atoms with Gasteiger partial charge in [0.1, 0.15) is 0 Å². The average Bonchev–Trinajstić information content (AvgIpc) is 3.19. The molecule has 0 N–H and O–H groups in total. The summed E-state index contributed by atoms with van der Waals surface area (Å²) in [4.78, 5) is 54.7. The molecule has 0 aliphatic carbocycles. The standard InChI is InChI=1S/C22H28ClN3O5/c1-3-31-22(30)15-6-4-10-25(13-15)20(28)14-24(2)21(29)17-9-8-16(23)12-18(17)26-11-5-7-19(26)27/h8-9,12,15H,3-7,10-11,13-14H2,1-2H3. The molecule has 9 heteroatoms. The van der Waals surface area contributed by atoms with Crippen molar-refractivity contribution < 1.29 is 23.9 Å². The van der Waals surface area contributed by atoms with Gasteiger partial charge in [-0.15, -0.1) is 0 Å². The van der Waals surface area contributed by atoms with Gasteiger partial charge in [0, 0.05) is 38.1 Å². The molecule has 0 aromatic heterocycles. The Kier molecular flexibility index (Phi) is 7.54. The molecule has 0 spiro atoms. The highest BCUT2D eigenvalue weighted by atomic mass is 35.5. The number of hydrogen-bond donors (Lipinski definition) is 0. The monoisotopic (exact) mass is 449 g/mol. The maximum Gasteiger partial charge on any atom is 0.310 e. The van der Waals surface area contributed by atoms with E-state index in [-0.39, 0.29) is 36.2 Å². The van der Waals surface area contributed by atoms with E-state index in [1.807, 2.05) is 0 Å². The summed E-state index contributed by atoms with van der Waals surface area (Å²) in [6.45, 7) is 3.32. The van der Waals surface area contributed by atoms with Crippen LogP contribution in [0.4, 0.5) is 5.69 Å². The molecule has 3 rings (SSSR count). The van der Waals surface area contributed by atoms with Gasteiger partial charge in [-0.25, -0.2) is 0 Å². The highest BCUT2D eigenvalue weighted by molar-refractivity contribution is 6.31. The van der Waals surface area contributed by atoms with Gasteiger partial charge in [-0.2, -0.15) is 0 Å². The number of benzene rings is 1. The number of hydrogen-bond acceptors (Lipinski definition) is 5. The third-order valence-electron chi connectivity index (χ3n) is 5.67. The molecule has 2 saturated heterocycles. The number of ether oxygens (including phenoxy) is 1. The molecule has 1 aromatic rings. The first kappa shape index (κ1) is 23.1. The molecule has 8 nitrogen and oxygen atoms in total. The fourth-order valence-corrected chi connectivity index (χ4v) is 4.21. The van der Waals surface area contributed by atoms with Gasteiger partial charge in [-0.1, -0.05) is 11.6 Å². The Labute approximate surface area is 187 Å². The minimum absolute atomic E-state index is 0.0478. The predicted octanol–water partition coefficient (Wildman–Crippen LogP) is 2.34. The molecule has 168 valence electrons. The highest BCUT2D eigenvalue weighted by Crippen LogP contribution is 2.29. The molecule has 2 heterocycles. The predicted molar refractivity (Wildman–Crippen MR) is 116 cm³/mol. The molecule has 31 heavy (non-hydrogen) atoms. The average molecular weight is 450 g/mol. The van der Waals surface area contributed by atoms with Crippen LogP contribution in [0.5, 0.6) is 0 Å². The summed E-state index contributed by atoms with van der Waals surface area (Å²) in [6.07, 6.45) is 2.57. The number of rotatable bonds is 6. The van der Waals surface area contributed by atoms with E-state index < -0.39 is 0 Å². The van der Waals surface area contributed by atoms with Gasteiger partial charge in [0.2, 0.25) is 11.8 Å². The van der Waals surface area contributed by atoms with Crippen LogP contribution in [0.15, 0.2) is 18.2 Å². The van der Waals surface area contributed by atoms with Crippen LogP contribution >= 0.6 is 11.6 Å². The number of piperidine rings is 1. The highest BCUT2D eigenvalue weighted by Gasteiger charge is 2.31. The Morgan fingerprint density at radius 2 is 2.00 bits per heavy atom. The number of nitrogens with zero attached hydrogens (tertiary/aromatic N) is 3. The summed E-state index contributed by atoms with van der Waals surface area (Å²) in [5, 5.41) is 0.434. The van der Waals surface area contributed by atoms with Crippen LogP contribution in [0.25, 0.3) is 0 Å². The van der Waals surface area contributed by atoms with Gasteiger partial charge in [-0.05, 0) is 44.4 Å². The maximum absolute atomic E-state index is 13.1. The Balaban J connectivity index is 1.69. The molecule has 2 aliphatic heterocycles. The van der Waals surface area contributed by atoms with Crippen LogP contribution in [-0.4, -0.2) is 73.3 Å². The smallest absolute Gasteiger partial charge is 0.310 e. The lowest BCUT2D eigenvalue weighted by atomic mass is 9.98. The van der Waals surface area contributed by atoms with Gasteiger partial charge in [0.15, 0.2) is 0 Å². The van der Waals surface area contributed by atoms with Crippen LogP contribution in [-0.2, 0) is 19.1 Å². The zero-order chi connectivity index (χ0) is 22.5. The Hall–Kier alpha value is -2.61. The number of halogens is 1. The van der Waals surface area contributed by atoms with Gasteiger partial charge in [0.05, 0.1) is 30.3 Å². The van der Waals surface area contributed by atoms with Crippen molar-refractivity contribution in [1.29, 1.82) is 0 Å². The van der Waals surface area contributed by atoms with E-state index in [1.54, 1.807) is 42.0 Å². The number of likely N-dealkylation sites (tertiary alicyclic amines) is 1. The zero-order valence-electron chi connectivity index (χ0n) is 17.9.